The first-order valence-corrected chi connectivity index (χ1v) is 11.0. The van der Waals surface area contributed by atoms with Crippen molar-refractivity contribution in [2.75, 3.05) is 35.8 Å². The zero-order valence-electron chi connectivity index (χ0n) is 15.6. The van der Waals surface area contributed by atoms with E-state index in [2.05, 4.69) is 20.7 Å². The molecule has 0 aliphatic carbocycles. The third-order valence-electron chi connectivity index (χ3n) is 4.64. The van der Waals surface area contributed by atoms with Gasteiger partial charge in [-0.25, -0.2) is 12.8 Å². The first-order chi connectivity index (χ1) is 13.2. The van der Waals surface area contributed by atoms with E-state index in [0.717, 1.165) is 5.56 Å². The van der Waals surface area contributed by atoms with Crippen LogP contribution < -0.4 is 9.62 Å². The van der Waals surface area contributed by atoms with Gasteiger partial charge in [0.2, 0.25) is 5.91 Å². The number of aryl methyl sites for hydroxylation is 1. The lowest BCUT2D eigenvalue weighted by Gasteiger charge is -2.36. The van der Waals surface area contributed by atoms with Crippen molar-refractivity contribution in [1.29, 1.82) is 0 Å². The standard InChI is InChI=1S/C19H21BrFN3O3S/c1-13-3-5-16(6-4-13)28(26,27)22-15-11-17(20)19(18(21)12-15)24-9-7-23(8-10-24)14(2)25/h3-6,11-12,22H,7-10H2,1-2H3. The lowest BCUT2D eigenvalue weighted by atomic mass is 10.2. The third-order valence-corrected chi connectivity index (χ3v) is 6.64. The summed E-state index contributed by atoms with van der Waals surface area (Å²) in [6, 6.07) is 9.13. The minimum atomic E-state index is -3.81. The molecule has 1 amide bonds. The van der Waals surface area contributed by atoms with Crippen LogP contribution in [0.1, 0.15) is 12.5 Å². The van der Waals surface area contributed by atoms with E-state index < -0.39 is 15.8 Å². The topological polar surface area (TPSA) is 69.7 Å². The average molecular weight is 470 g/mol. The molecule has 9 heteroatoms. The van der Waals surface area contributed by atoms with E-state index in [1.807, 2.05) is 11.8 Å². The molecular weight excluding hydrogens is 449 g/mol. The Hall–Kier alpha value is -2.13. The highest BCUT2D eigenvalue weighted by Crippen LogP contribution is 2.34. The summed E-state index contributed by atoms with van der Waals surface area (Å²) in [6.07, 6.45) is 0. The van der Waals surface area contributed by atoms with Crippen LogP contribution in [-0.4, -0.2) is 45.4 Å². The van der Waals surface area contributed by atoms with E-state index in [9.17, 15) is 17.6 Å². The number of sulfonamides is 1. The van der Waals surface area contributed by atoms with E-state index >= 15 is 0 Å². The molecule has 1 saturated heterocycles. The van der Waals surface area contributed by atoms with E-state index in [1.165, 1.54) is 25.1 Å². The molecule has 1 aliphatic rings. The average Bonchev–Trinajstić information content (AvgIpc) is 2.61. The van der Waals surface area contributed by atoms with Crippen LogP contribution in [0.25, 0.3) is 0 Å². The van der Waals surface area contributed by atoms with E-state index in [-0.39, 0.29) is 16.5 Å². The van der Waals surface area contributed by atoms with Gasteiger partial charge in [-0.1, -0.05) is 17.7 Å². The van der Waals surface area contributed by atoms with E-state index in [1.54, 1.807) is 23.1 Å². The van der Waals surface area contributed by atoms with Gasteiger partial charge in [-0.15, -0.1) is 0 Å². The summed E-state index contributed by atoms with van der Waals surface area (Å²) in [5, 5.41) is 0. The highest BCUT2D eigenvalue weighted by atomic mass is 79.9. The van der Waals surface area contributed by atoms with Crippen molar-refractivity contribution in [2.45, 2.75) is 18.7 Å². The van der Waals surface area contributed by atoms with Crippen LogP contribution in [0.15, 0.2) is 45.8 Å². The number of nitrogens with one attached hydrogen (secondary N) is 1. The number of hydrogen-bond acceptors (Lipinski definition) is 4. The Balaban J connectivity index is 1.80. The van der Waals surface area contributed by atoms with Crippen LogP contribution in [0.4, 0.5) is 15.8 Å². The zero-order chi connectivity index (χ0) is 20.5. The number of halogens is 2. The summed E-state index contributed by atoms with van der Waals surface area (Å²) < 4.78 is 42.7. The molecule has 150 valence electrons. The normalized spacial score (nSPS) is 14.9. The lowest BCUT2D eigenvalue weighted by molar-refractivity contribution is -0.129. The molecular formula is C19H21BrFN3O3S. The number of nitrogens with zero attached hydrogens (tertiary/aromatic N) is 2. The minimum absolute atomic E-state index is 0.0000443. The van der Waals surface area contributed by atoms with Gasteiger partial charge in [-0.2, -0.15) is 0 Å². The van der Waals surface area contributed by atoms with Crippen molar-refractivity contribution in [1.82, 2.24) is 4.90 Å². The Labute approximate surface area is 172 Å². The summed E-state index contributed by atoms with van der Waals surface area (Å²) in [6.45, 7) is 5.42. The number of benzene rings is 2. The molecule has 0 radical (unpaired) electrons. The summed E-state index contributed by atoms with van der Waals surface area (Å²) in [5.74, 6) is -0.535. The van der Waals surface area contributed by atoms with Crippen LogP contribution in [-0.2, 0) is 14.8 Å². The molecule has 0 aromatic heterocycles. The van der Waals surface area contributed by atoms with Gasteiger partial charge in [0.15, 0.2) is 0 Å². The first-order valence-electron chi connectivity index (χ1n) is 8.76. The van der Waals surface area contributed by atoms with Crippen LogP contribution in [0.2, 0.25) is 0 Å². The third kappa shape index (κ3) is 4.47. The Morgan fingerprint density at radius 2 is 1.71 bits per heavy atom. The Kier molecular flexibility index (Phi) is 5.95. The SMILES string of the molecule is CC(=O)N1CCN(c2c(F)cc(NS(=O)(=O)c3ccc(C)cc3)cc2Br)CC1. The summed E-state index contributed by atoms with van der Waals surface area (Å²) in [4.78, 5) is 15.1. The minimum Gasteiger partial charge on any atom is -0.365 e. The number of piperazine rings is 1. The second-order valence-corrected chi connectivity index (χ2v) is 9.24. The Morgan fingerprint density at radius 1 is 1.11 bits per heavy atom. The van der Waals surface area contributed by atoms with Gasteiger partial charge in [0.1, 0.15) is 5.82 Å². The van der Waals surface area contributed by atoms with Gasteiger partial charge in [-0.05, 0) is 41.1 Å². The van der Waals surface area contributed by atoms with Crippen molar-refractivity contribution < 1.29 is 17.6 Å². The molecule has 0 bridgehead atoms. The fourth-order valence-corrected chi connectivity index (χ4v) is 4.83. The van der Waals surface area contributed by atoms with E-state index in [4.69, 9.17) is 0 Å². The summed E-state index contributed by atoms with van der Waals surface area (Å²) in [5.41, 5.74) is 1.44. The molecule has 1 heterocycles. The summed E-state index contributed by atoms with van der Waals surface area (Å²) in [7, 11) is -3.81. The molecule has 3 rings (SSSR count). The maximum Gasteiger partial charge on any atom is 0.261 e. The Bertz CT molecular complexity index is 965. The molecule has 0 spiro atoms. The second kappa shape index (κ2) is 8.08. The summed E-state index contributed by atoms with van der Waals surface area (Å²) >= 11 is 3.35. The smallest absolute Gasteiger partial charge is 0.261 e. The quantitative estimate of drug-likeness (QED) is 0.744. The molecule has 1 fully saturated rings. The van der Waals surface area contributed by atoms with Crippen molar-refractivity contribution in [2.24, 2.45) is 0 Å². The van der Waals surface area contributed by atoms with Gasteiger partial charge in [0.05, 0.1) is 16.3 Å². The molecule has 28 heavy (non-hydrogen) atoms. The second-order valence-electron chi connectivity index (χ2n) is 6.70. The maximum atomic E-state index is 14.8. The first kappa shape index (κ1) is 20.6. The molecule has 1 aliphatic heterocycles. The number of carbonyl (C=O) groups excluding carboxylic acids is 1. The molecule has 2 aromatic carbocycles. The van der Waals surface area contributed by atoms with Crippen molar-refractivity contribution in [3.05, 3.63) is 52.3 Å². The van der Waals surface area contributed by atoms with Crippen LogP contribution in [0, 0.1) is 12.7 Å². The fourth-order valence-electron chi connectivity index (χ4n) is 3.10. The molecule has 6 nitrogen and oxygen atoms in total. The Morgan fingerprint density at radius 3 is 2.25 bits per heavy atom. The number of rotatable bonds is 4. The number of amides is 1. The largest absolute Gasteiger partial charge is 0.365 e. The van der Waals surface area contributed by atoms with Crippen LogP contribution in [0.3, 0.4) is 0 Å². The molecule has 0 unspecified atom stereocenters. The van der Waals surface area contributed by atoms with Crippen LogP contribution in [0.5, 0.6) is 0 Å². The predicted molar refractivity (Wildman–Crippen MR) is 111 cm³/mol. The number of hydrogen-bond donors (Lipinski definition) is 1. The number of carbonyl (C=O) groups is 1. The van der Waals surface area contributed by atoms with Gasteiger partial charge in [0, 0.05) is 43.6 Å². The van der Waals surface area contributed by atoms with Gasteiger partial charge >= 0.3 is 0 Å². The molecule has 0 saturated carbocycles. The molecule has 2 aromatic rings. The molecule has 0 atom stereocenters. The highest BCUT2D eigenvalue weighted by molar-refractivity contribution is 9.10. The maximum absolute atomic E-state index is 14.8. The highest BCUT2D eigenvalue weighted by Gasteiger charge is 2.24. The monoisotopic (exact) mass is 469 g/mol. The predicted octanol–water partition coefficient (Wildman–Crippen LogP) is 3.37. The van der Waals surface area contributed by atoms with Crippen molar-refractivity contribution in [3.63, 3.8) is 0 Å². The zero-order valence-corrected chi connectivity index (χ0v) is 18.0. The van der Waals surface area contributed by atoms with Gasteiger partial charge < -0.3 is 9.80 Å². The van der Waals surface area contributed by atoms with Crippen LogP contribution >= 0.6 is 15.9 Å². The van der Waals surface area contributed by atoms with Gasteiger partial charge in [0.25, 0.3) is 10.0 Å². The lowest BCUT2D eigenvalue weighted by Crippen LogP contribution is -2.48. The van der Waals surface area contributed by atoms with E-state index in [0.29, 0.717) is 36.3 Å². The van der Waals surface area contributed by atoms with Crippen molar-refractivity contribution in [3.8, 4) is 0 Å². The van der Waals surface area contributed by atoms with Gasteiger partial charge in [-0.3, -0.25) is 9.52 Å². The number of anilines is 2. The fraction of sp³-hybridized carbons (Fsp3) is 0.316. The molecule has 1 N–H and O–H groups in total. The van der Waals surface area contributed by atoms with Crippen molar-refractivity contribution >= 4 is 43.2 Å².